The molecule has 0 saturated heterocycles. The van der Waals surface area contributed by atoms with Gasteiger partial charge in [-0.15, -0.1) is 11.3 Å². The third kappa shape index (κ3) is 2.60. The van der Waals surface area contributed by atoms with Crippen LogP contribution in [0.1, 0.15) is 5.56 Å². The zero-order valence-electron chi connectivity index (χ0n) is 10.7. The molecule has 20 heavy (non-hydrogen) atoms. The first-order valence-corrected chi connectivity index (χ1v) is 7.37. The SMILES string of the molecule is Cc1ccc(-c2csc(Cl)n2)cc1.Fc1cc2ccc1=2. The van der Waals surface area contributed by atoms with Crippen molar-refractivity contribution in [3.63, 3.8) is 0 Å². The Morgan fingerprint density at radius 2 is 1.85 bits per heavy atom. The van der Waals surface area contributed by atoms with Crippen molar-refractivity contribution in [1.82, 2.24) is 4.98 Å². The van der Waals surface area contributed by atoms with Crippen LogP contribution in [0.25, 0.3) is 11.3 Å². The molecular formula is C16H11ClFNS. The molecule has 1 aromatic heterocycles. The molecule has 1 nitrogen and oxygen atoms in total. The number of benzene rings is 2. The molecule has 0 fully saturated rings. The Kier molecular flexibility index (Phi) is 3.55. The summed E-state index contributed by atoms with van der Waals surface area (Å²) in [7, 11) is 0. The Bertz CT molecular complexity index is 840. The smallest absolute Gasteiger partial charge is 0.184 e. The molecule has 1 heterocycles. The van der Waals surface area contributed by atoms with E-state index in [0.717, 1.165) is 21.7 Å². The molecule has 2 aliphatic carbocycles. The van der Waals surface area contributed by atoms with Gasteiger partial charge in [-0.1, -0.05) is 53.6 Å². The van der Waals surface area contributed by atoms with Gasteiger partial charge >= 0.3 is 0 Å². The minimum atomic E-state index is -0.0579. The minimum Gasteiger partial charge on any atom is -0.225 e. The van der Waals surface area contributed by atoms with Gasteiger partial charge in [-0.2, -0.15) is 0 Å². The largest absolute Gasteiger partial charge is 0.225 e. The lowest BCUT2D eigenvalue weighted by molar-refractivity contribution is 0.605. The zero-order chi connectivity index (χ0) is 14.1. The van der Waals surface area contributed by atoms with Gasteiger partial charge in [0, 0.05) is 16.2 Å². The van der Waals surface area contributed by atoms with Crippen LogP contribution in [0.4, 0.5) is 4.39 Å². The van der Waals surface area contributed by atoms with E-state index in [1.165, 1.54) is 23.0 Å². The normalized spacial score (nSPS) is 10.8. The molecule has 4 rings (SSSR count). The summed E-state index contributed by atoms with van der Waals surface area (Å²) in [6, 6.07) is 13.5. The Hall–Kier alpha value is -1.71. The van der Waals surface area contributed by atoms with Gasteiger partial charge in [-0.3, -0.25) is 0 Å². The summed E-state index contributed by atoms with van der Waals surface area (Å²) in [5, 5.41) is 3.84. The summed E-state index contributed by atoms with van der Waals surface area (Å²) in [6.45, 7) is 2.07. The average molecular weight is 304 g/mol. The zero-order valence-corrected chi connectivity index (χ0v) is 12.3. The second-order valence-corrected chi connectivity index (χ2v) is 5.99. The van der Waals surface area contributed by atoms with E-state index in [0.29, 0.717) is 4.47 Å². The lowest BCUT2D eigenvalue weighted by Gasteiger charge is -2.00. The van der Waals surface area contributed by atoms with E-state index in [9.17, 15) is 4.39 Å². The second-order valence-electron chi connectivity index (χ2n) is 4.55. The van der Waals surface area contributed by atoms with Gasteiger partial charge in [0.2, 0.25) is 0 Å². The number of halogens is 2. The standard InChI is InChI=1S/C10H8ClNS.C6H3F/c1-7-2-4-8(5-3-7)9-6-13-10(11)12-9;7-6-3-4-1-2-5(4)6/h2-6H,1H3;1-3H. The topological polar surface area (TPSA) is 12.9 Å². The molecule has 0 saturated carbocycles. The Labute approximate surface area is 125 Å². The van der Waals surface area contributed by atoms with Crippen molar-refractivity contribution in [1.29, 1.82) is 0 Å². The maximum atomic E-state index is 12.0. The number of aryl methyl sites for hydroxylation is 1. The molecular weight excluding hydrogens is 293 g/mol. The van der Waals surface area contributed by atoms with Crippen molar-refractivity contribution < 1.29 is 4.39 Å². The van der Waals surface area contributed by atoms with Crippen LogP contribution in [0.3, 0.4) is 0 Å². The van der Waals surface area contributed by atoms with Crippen LogP contribution in [0.5, 0.6) is 0 Å². The molecule has 2 aromatic rings. The average Bonchev–Trinajstić information content (AvgIpc) is 2.84. The highest BCUT2D eigenvalue weighted by molar-refractivity contribution is 7.14. The molecule has 2 aliphatic rings. The molecule has 100 valence electrons. The Morgan fingerprint density at radius 1 is 1.10 bits per heavy atom. The number of nitrogens with zero attached hydrogens (tertiary/aromatic N) is 1. The summed E-state index contributed by atoms with van der Waals surface area (Å²) < 4.78 is 12.6. The van der Waals surface area contributed by atoms with Gasteiger partial charge in [-0.05, 0) is 18.2 Å². The van der Waals surface area contributed by atoms with Crippen LogP contribution < -0.4 is 0 Å². The first kappa shape index (κ1) is 13.3. The first-order valence-electron chi connectivity index (χ1n) is 6.11. The maximum Gasteiger partial charge on any atom is 0.184 e. The second kappa shape index (κ2) is 5.35. The van der Waals surface area contributed by atoms with Crippen LogP contribution >= 0.6 is 22.9 Å². The van der Waals surface area contributed by atoms with E-state index < -0.39 is 0 Å². The molecule has 0 radical (unpaired) electrons. The molecule has 0 atom stereocenters. The van der Waals surface area contributed by atoms with Gasteiger partial charge < -0.3 is 0 Å². The van der Waals surface area contributed by atoms with Gasteiger partial charge in [0.15, 0.2) is 4.47 Å². The lowest BCUT2D eigenvalue weighted by atomic mass is 10.1. The molecule has 1 aromatic carbocycles. The summed E-state index contributed by atoms with van der Waals surface area (Å²) in [4.78, 5) is 4.19. The van der Waals surface area contributed by atoms with Crippen molar-refractivity contribution >= 4 is 22.9 Å². The van der Waals surface area contributed by atoms with E-state index in [2.05, 4.69) is 36.2 Å². The molecule has 4 heteroatoms. The van der Waals surface area contributed by atoms with E-state index in [1.807, 2.05) is 11.4 Å². The highest BCUT2D eigenvalue weighted by atomic mass is 35.5. The molecule has 0 unspecified atom stereocenters. The third-order valence-electron chi connectivity index (χ3n) is 3.10. The molecule has 0 N–H and O–H groups in total. The summed E-state index contributed by atoms with van der Waals surface area (Å²) >= 11 is 7.21. The van der Waals surface area contributed by atoms with E-state index >= 15 is 0 Å². The first-order chi connectivity index (χ1) is 9.63. The van der Waals surface area contributed by atoms with E-state index in [4.69, 9.17) is 11.6 Å². The van der Waals surface area contributed by atoms with E-state index in [1.54, 1.807) is 6.07 Å². The van der Waals surface area contributed by atoms with Gasteiger partial charge in [0.05, 0.1) is 5.69 Å². The summed E-state index contributed by atoms with van der Waals surface area (Å²) in [5.74, 6) is -0.0579. The monoisotopic (exact) mass is 303 g/mol. The number of aromatic nitrogens is 1. The van der Waals surface area contributed by atoms with Crippen molar-refractivity contribution in [2.24, 2.45) is 0 Å². The number of thiazole rings is 1. The van der Waals surface area contributed by atoms with Crippen LogP contribution in [0, 0.1) is 23.2 Å². The molecule has 0 aliphatic heterocycles. The fourth-order valence-corrected chi connectivity index (χ4v) is 2.62. The van der Waals surface area contributed by atoms with E-state index in [-0.39, 0.29) is 5.82 Å². The van der Waals surface area contributed by atoms with Crippen LogP contribution in [-0.4, -0.2) is 4.98 Å². The Balaban J connectivity index is 0.000000144. The van der Waals surface area contributed by atoms with Gasteiger partial charge in [0.1, 0.15) is 5.82 Å². The highest BCUT2D eigenvalue weighted by Gasteiger charge is 2.02. The predicted molar refractivity (Wildman–Crippen MR) is 81.4 cm³/mol. The number of rotatable bonds is 1. The van der Waals surface area contributed by atoms with Crippen molar-refractivity contribution in [2.45, 2.75) is 6.92 Å². The number of hydrogen-bond acceptors (Lipinski definition) is 2. The molecule has 0 spiro atoms. The fraction of sp³-hybridized carbons (Fsp3) is 0.0625. The van der Waals surface area contributed by atoms with Crippen molar-refractivity contribution in [3.8, 4) is 11.3 Å². The Morgan fingerprint density at radius 3 is 2.20 bits per heavy atom. The highest BCUT2D eigenvalue weighted by Crippen LogP contribution is 2.24. The fourth-order valence-electron chi connectivity index (χ4n) is 1.85. The van der Waals surface area contributed by atoms with Crippen LogP contribution in [-0.2, 0) is 0 Å². The lowest BCUT2D eigenvalue weighted by Crippen LogP contribution is -1.90. The minimum absolute atomic E-state index is 0.0579. The van der Waals surface area contributed by atoms with Gasteiger partial charge in [0.25, 0.3) is 0 Å². The van der Waals surface area contributed by atoms with Crippen LogP contribution in [0.2, 0.25) is 4.47 Å². The maximum absolute atomic E-state index is 12.0. The molecule has 0 amide bonds. The van der Waals surface area contributed by atoms with Crippen molar-refractivity contribution in [2.75, 3.05) is 0 Å². The van der Waals surface area contributed by atoms with Crippen LogP contribution in [0.15, 0.2) is 47.8 Å². The number of hydrogen-bond donors (Lipinski definition) is 0. The predicted octanol–water partition coefficient (Wildman–Crippen LogP) is 5.20. The third-order valence-corrected chi connectivity index (χ3v) is 4.08. The van der Waals surface area contributed by atoms with Crippen molar-refractivity contribution in [3.05, 3.63) is 74.1 Å². The van der Waals surface area contributed by atoms with Gasteiger partial charge in [-0.25, -0.2) is 9.37 Å². The molecule has 0 bridgehead atoms. The summed E-state index contributed by atoms with van der Waals surface area (Å²) in [5.41, 5.74) is 3.33. The summed E-state index contributed by atoms with van der Waals surface area (Å²) in [6.07, 6.45) is 0. The quantitative estimate of drug-likeness (QED) is 0.471.